The summed E-state index contributed by atoms with van der Waals surface area (Å²) in [7, 11) is 0. The molecule has 194 valence electrons. The van der Waals surface area contributed by atoms with E-state index in [1.54, 1.807) is 18.3 Å². The Morgan fingerprint density at radius 2 is 1.62 bits per heavy atom. The molecule has 0 bridgehead atoms. The highest BCUT2D eigenvalue weighted by atomic mass is 35.5. The molecule has 2 aromatic heterocycles. The second-order valence-corrected chi connectivity index (χ2v) is 10.1. The SMILES string of the molecule is Cc1ccc(Oc2ccc(N3C(=S)N[C@H](c4ccccn4)[C@H]3c3cccn3-c3ccc(F)c(Cl)c3)cc2)cc1. The summed E-state index contributed by atoms with van der Waals surface area (Å²) in [5.74, 6) is 1.04. The summed E-state index contributed by atoms with van der Waals surface area (Å²) >= 11 is 12.0. The third-order valence-electron chi connectivity index (χ3n) is 6.73. The highest BCUT2D eigenvalue weighted by Gasteiger charge is 2.42. The molecule has 8 heteroatoms. The summed E-state index contributed by atoms with van der Waals surface area (Å²) in [6.07, 6.45) is 3.71. The molecular weight excluding hydrogens is 531 g/mol. The van der Waals surface area contributed by atoms with Gasteiger partial charge in [-0.25, -0.2) is 4.39 Å². The van der Waals surface area contributed by atoms with E-state index in [1.165, 1.54) is 11.6 Å². The van der Waals surface area contributed by atoms with Crippen LogP contribution in [0, 0.1) is 12.7 Å². The first-order valence-corrected chi connectivity index (χ1v) is 13.2. The normalized spacial score (nSPS) is 16.8. The van der Waals surface area contributed by atoms with Crippen LogP contribution in [0.3, 0.4) is 0 Å². The third kappa shape index (κ3) is 4.99. The Morgan fingerprint density at radius 3 is 2.31 bits per heavy atom. The van der Waals surface area contributed by atoms with E-state index < -0.39 is 5.82 Å². The largest absolute Gasteiger partial charge is 0.457 e. The van der Waals surface area contributed by atoms with Crippen LogP contribution in [0.25, 0.3) is 5.69 Å². The minimum Gasteiger partial charge on any atom is -0.457 e. The zero-order chi connectivity index (χ0) is 26.9. The monoisotopic (exact) mass is 554 g/mol. The maximum atomic E-state index is 14.0. The second-order valence-electron chi connectivity index (χ2n) is 9.31. The molecule has 5 aromatic rings. The van der Waals surface area contributed by atoms with Gasteiger partial charge in [0, 0.05) is 29.5 Å². The van der Waals surface area contributed by atoms with Crippen LogP contribution in [0.5, 0.6) is 11.5 Å². The van der Waals surface area contributed by atoms with Gasteiger partial charge in [-0.3, -0.25) is 4.98 Å². The van der Waals surface area contributed by atoms with Crippen molar-refractivity contribution in [2.24, 2.45) is 0 Å². The smallest absolute Gasteiger partial charge is 0.174 e. The number of hydrogen-bond donors (Lipinski definition) is 1. The van der Waals surface area contributed by atoms with Crippen molar-refractivity contribution in [1.29, 1.82) is 0 Å². The molecule has 39 heavy (non-hydrogen) atoms. The molecule has 0 radical (unpaired) electrons. The van der Waals surface area contributed by atoms with Gasteiger partial charge >= 0.3 is 0 Å². The number of benzene rings is 3. The quantitative estimate of drug-likeness (QED) is 0.216. The number of nitrogens with one attached hydrogen (secondary N) is 1. The number of rotatable bonds is 6. The van der Waals surface area contributed by atoms with Crippen molar-refractivity contribution in [3.63, 3.8) is 0 Å². The molecule has 3 aromatic carbocycles. The second kappa shape index (κ2) is 10.5. The van der Waals surface area contributed by atoms with Gasteiger partial charge in [-0.1, -0.05) is 35.4 Å². The number of pyridine rings is 1. The lowest BCUT2D eigenvalue weighted by atomic mass is 10.0. The van der Waals surface area contributed by atoms with Crippen molar-refractivity contribution in [2.45, 2.75) is 19.0 Å². The summed E-state index contributed by atoms with van der Waals surface area (Å²) in [6.45, 7) is 2.04. The van der Waals surface area contributed by atoms with Crippen LogP contribution in [0.1, 0.15) is 29.0 Å². The van der Waals surface area contributed by atoms with E-state index in [-0.39, 0.29) is 17.1 Å². The van der Waals surface area contributed by atoms with Crippen molar-refractivity contribution in [1.82, 2.24) is 14.9 Å². The van der Waals surface area contributed by atoms with Crippen molar-refractivity contribution >= 4 is 34.6 Å². The van der Waals surface area contributed by atoms with E-state index in [1.807, 2.05) is 96.6 Å². The fraction of sp³-hybridized carbons (Fsp3) is 0.0968. The molecule has 0 amide bonds. The van der Waals surface area contributed by atoms with Crippen LogP contribution in [0.4, 0.5) is 10.1 Å². The molecule has 1 aliphatic heterocycles. The minimum atomic E-state index is -0.459. The number of thiocarbonyl (C=S) groups is 1. The molecular formula is C31H24ClFN4OS. The first kappa shape index (κ1) is 25.1. The first-order valence-electron chi connectivity index (χ1n) is 12.5. The summed E-state index contributed by atoms with van der Waals surface area (Å²) < 4.78 is 22.0. The maximum Gasteiger partial charge on any atom is 0.174 e. The van der Waals surface area contributed by atoms with Gasteiger partial charge in [0.05, 0.1) is 16.8 Å². The van der Waals surface area contributed by atoms with E-state index in [2.05, 4.69) is 15.2 Å². The van der Waals surface area contributed by atoms with Gasteiger partial charge < -0.3 is 19.5 Å². The van der Waals surface area contributed by atoms with Gasteiger partial charge in [-0.05, 0) is 98.0 Å². The minimum absolute atomic E-state index is 0.0644. The molecule has 0 aliphatic carbocycles. The predicted molar refractivity (Wildman–Crippen MR) is 156 cm³/mol. The molecule has 1 saturated heterocycles. The maximum absolute atomic E-state index is 14.0. The van der Waals surface area contributed by atoms with Crippen molar-refractivity contribution in [2.75, 3.05) is 4.90 Å². The molecule has 3 heterocycles. The number of aryl methyl sites for hydroxylation is 1. The third-order valence-corrected chi connectivity index (χ3v) is 7.34. The van der Waals surface area contributed by atoms with Crippen molar-refractivity contribution < 1.29 is 9.13 Å². The Labute approximate surface area is 236 Å². The number of anilines is 1. The number of halogens is 2. The molecule has 1 fully saturated rings. The zero-order valence-electron chi connectivity index (χ0n) is 21.0. The van der Waals surface area contributed by atoms with Crippen molar-refractivity contribution in [3.8, 4) is 17.2 Å². The zero-order valence-corrected chi connectivity index (χ0v) is 22.5. The average molecular weight is 555 g/mol. The number of nitrogens with zero attached hydrogens (tertiary/aromatic N) is 3. The first-order chi connectivity index (χ1) is 19.0. The van der Waals surface area contributed by atoms with Crippen LogP contribution in [-0.2, 0) is 0 Å². The predicted octanol–water partition coefficient (Wildman–Crippen LogP) is 7.94. The molecule has 2 atom stereocenters. The molecule has 5 nitrogen and oxygen atoms in total. The molecule has 0 saturated carbocycles. The van der Waals surface area contributed by atoms with E-state index in [0.717, 1.165) is 34.3 Å². The fourth-order valence-corrected chi connectivity index (χ4v) is 5.38. The van der Waals surface area contributed by atoms with Crippen LogP contribution in [-0.4, -0.2) is 14.7 Å². The van der Waals surface area contributed by atoms with Gasteiger partial charge in [0.15, 0.2) is 5.11 Å². The van der Waals surface area contributed by atoms with Crippen LogP contribution >= 0.6 is 23.8 Å². The Balaban J connectivity index is 1.39. The molecule has 1 N–H and O–H groups in total. The van der Waals surface area contributed by atoms with Crippen molar-refractivity contribution in [3.05, 3.63) is 137 Å². The van der Waals surface area contributed by atoms with Crippen LogP contribution in [0.15, 0.2) is 109 Å². The highest BCUT2D eigenvalue weighted by Crippen LogP contribution is 2.43. The Morgan fingerprint density at radius 1 is 0.897 bits per heavy atom. The van der Waals surface area contributed by atoms with Gasteiger partial charge in [0.25, 0.3) is 0 Å². The number of aromatic nitrogens is 2. The van der Waals surface area contributed by atoms with E-state index in [0.29, 0.717) is 5.11 Å². The molecule has 0 unspecified atom stereocenters. The lowest BCUT2D eigenvalue weighted by Crippen LogP contribution is -2.30. The standard InChI is InChI=1S/C31H24ClFN4OS/c1-20-7-12-23(13-8-20)38-24-14-9-21(10-15-24)37-30(29(35-31(37)39)27-5-2-3-17-34-27)28-6-4-18-36(28)22-11-16-26(33)25(32)19-22/h2-19,29-30H,1H3,(H,35,39)/t29-,30-/m1/s1. The molecule has 6 rings (SSSR count). The Hall–Kier alpha value is -4.20. The number of hydrogen-bond acceptors (Lipinski definition) is 3. The highest BCUT2D eigenvalue weighted by molar-refractivity contribution is 7.80. The fourth-order valence-electron chi connectivity index (χ4n) is 4.86. The average Bonchev–Trinajstić information content (AvgIpc) is 3.57. The summed E-state index contributed by atoms with van der Waals surface area (Å²) in [6, 6.07) is 29.8. The summed E-state index contributed by atoms with van der Waals surface area (Å²) in [5.41, 5.74) is 4.63. The molecule has 1 aliphatic rings. The van der Waals surface area contributed by atoms with Gasteiger partial charge in [0.2, 0.25) is 0 Å². The van der Waals surface area contributed by atoms with Gasteiger partial charge in [-0.15, -0.1) is 0 Å². The Bertz CT molecular complexity index is 1620. The topological polar surface area (TPSA) is 42.3 Å². The van der Waals surface area contributed by atoms with Gasteiger partial charge in [0.1, 0.15) is 23.4 Å². The Kier molecular flexibility index (Phi) is 6.77. The van der Waals surface area contributed by atoms with E-state index in [9.17, 15) is 4.39 Å². The molecule has 0 spiro atoms. The summed E-state index contributed by atoms with van der Waals surface area (Å²) in [4.78, 5) is 6.71. The van der Waals surface area contributed by atoms with E-state index in [4.69, 9.17) is 28.6 Å². The van der Waals surface area contributed by atoms with Gasteiger partial charge in [-0.2, -0.15) is 0 Å². The summed E-state index contributed by atoms with van der Waals surface area (Å²) in [5, 5.41) is 4.12. The van der Waals surface area contributed by atoms with E-state index >= 15 is 0 Å². The van der Waals surface area contributed by atoms with Crippen LogP contribution < -0.4 is 15.0 Å². The van der Waals surface area contributed by atoms with Crippen LogP contribution in [0.2, 0.25) is 5.02 Å². The lowest BCUT2D eigenvalue weighted by Gasteiger charge is -2.29. The number of ether oxygens (including phenoxy) is 1. The lowest BCUT2D eigenvalue weighted by molar-refractivity contribution is 0.482.